The molecule has 1 aliphatic heterocycles. The van der Waals surface area contributed by atoms with Gasteiger partial charge in [0.25, 0.3) is 5.91 Å². The van der Waals surface area contributed by atoms with Crippen molar-refractivity contribution in [2.45, 2.75) is 0 Å². The summed E-state index contributed by atoms with van der Waals surface area (Å²) in [5.41, 5.74) is 2.68. The van der Waals surface area contributed by atoms with Gasteiger partial charge in [-0.05, 0) is 30.3 Å². The summed E-state index contributed by atoms with van der Waals surface area (Å²) in [6.45, 7) is 2.96. The molecule has 6 heteroatoms. The maximum absolute atomic E-state index is 12.9. The van der Waals surface area contributed by atoms with Crippen LogP contribution in [-0.4, -0.2) is 42.0 Å². The zero-order chi connectivity index (χ0) is 17.4. The van der Waals surface area contributed by atoms with Gasteiger partial charge in [0, 0.05) is 59.0 Å². The number of halogens is 2. The summed E-state index contributed by atoms with van der Waals surface area (Å²) < 4.78 is 0. The van der Waals surface area contributed by atoms with E-state index in [0.717, 1.165) is 34.7 Å². The smallest absolute Gasteiger partial charge is 0.256 e. The van der Waals surface area contributed by atoms with E-state index in [-0.39, 0.29) is 5.91 Å². The minimum absolute atomic E-state index is 0.0549. The molecule has 0 bridgehead atoms. The van der Waals surface area contributed by atoms with Crippen LogP contribution in [0.25, 0.3) is 10.9 Å². The van der Waals surface area contributed by atoms with Gasteiger partial charge in [0.1, 0.15) is 0 Å². The van der Waals surface area contributed by atoms with E-state index in [1.54, 1.807) is 6.20 Å². The van der Waals surface area contributed by atoms with Gasteiger partial charge in [-0.3, -0.25) is 4.79 Å². The summed E-state index contributed by atoms with van der Waals surface area (Å²) in [4.78, 5) is 20.2. The van der Waals surface area contributed by atoms with E-state index in [9.17, 15) is 4.79 Å². The Balaban J connectivity index is 1.49. The molecular weight excluding hydrogens is 357 g/mol. The maximum Gasteiger partial charge on any atom is 0.256 e. The number of hydrogen-bond acceptors (Lipinski definition) is 2. The first-order valence-corrected chi connectivity index (χ1v) is 8.94. The van der Waals surface area contributed by atoms with Crippen LogP contribution in [0.2, 0.25) is 10.0 Å². The van der Waals surface area contributed by atoms with Gasteiger partial charge in [0.15, 0.2) is 0 Å². The van der Waals surface area contributed by atoms with Crippen molar-refractivity contribution in [2.75, 3.05) is 31.1 Å². The molecule has 2 aromatic carbocycles. The number of H-pyrrole nitrogens is 1. The molecular formula is C19H17Cl2N3O. The number of benzene rings is 2. The second-order valence-electron chi connectivity index (χ2n) is 6.15. The quantitative estimate of drug-likeness (QED) is 0.721. The van der Waals surface area contributed by atoms with Crippen molar-refractivity contribution in [3.05, 3.63) is 64.3 Å². The van der Waals surface area contributed by atoms with Crippen LogP contribution in [0.4, 0.5) is 5.69 Å². The fourth-order valence-corrected chi connectivity index (χ4v) is 3.64. The van der Waals surface area contributed by atoms with E-state index >= 15 is 0 Å². The van der Waals surface area contributed by atoms with Crippen LogP contribution in [0.1, 0.15) is 10.4 Å². The molecule has 1 N–H and O–H groups in total. The molecule has 128 valence electrons. The third-order valence-corrected chi connectivity index (χ3v) is 5.08. The van der Waals surface area contributed by atoms with Crippen molar-refractivity contribution in [3.8, 4) is 0 Å². The van der Waals surface area contributed by atoms with Crippen LogP contribution in [-0.2, 0) is 0 Å². The second kappa shape index (κ2) is 6.62. The van der Waals surface area contributed by atoms with Gasteiger partial charge in [0.05, 0.1) is 5.56 Å². The Bertz CT molecular complexity index is 929. The topological polar surface area (TPSA) is 39.3 Å². The molecule has 1 saturated heterocycles. The number of fused-ring (bicyclic) bond motifs is 1. The van der Waals surface area contributed by atoms with E-state index in [0.29, 0.717) is 23.7 Å². The molecule has 0 spiro atoms. The molecule has 2 heterocycles. The van der Waals surface area contributed by atoms with E-state index in [1.165, 1.54) is 0 Å². The molecule has 3 aromatic rings. The molecule has 4 rings (SSSR count). The van der Waals surface area contributed by atoms with Crippen LogP contribution in [0.15, 0.2) is 48.7 Å². The number of amides is 1. The largest absolute Gasteiger partial charge is 0.368 e. The molecule has 0 radical (unpaired) electrons. The van der Waals surface area contributed by atoms with Crippen molar-refractivity contribution in [1.82, 2.24) is 9.88 Å². The fourth-order valence-electron chi connectivity index (χ4n) is 3.29. The lowest BCUT2D eigenvalue weighted by Crippen LogP contribution is -2.48. The molecule has 0 aliphatic carbocycles. The monoisotopic (exact) mass is 373 g/mol. The van der Waals surface area contributed by atoms with Gasteiger partial charge >= 0.3 is 0 Å². The number of anilines is 1. The second-order valence-corrected chi connectivity index (χ2v) is 7.02. The molecule has 1 aromatic heterocycles. The minimum atomic E-state index is 0.0549. The first kappa shape index (κ1) is 16.3. The Hall–Kier alpha value is -2.17. The van der Waals surface area contributed by atoms with Gasteiger partial charge in [0.2, 0.25) is 0 Å². The van der Waals surface area contributed by atoms with Gasteiger partial charge in [-0.2, -0.15) is 0 Å². The molecule has 0 unspecified atom stereocenters. The summed E-state index contributed by atoms with van der Waals surface area (Å²) in [7, 11) is 0. The zero-order valence-corrected chi connectivity index (χ0v) is 15.0. The summed E-state index contributed by atoms with van der Waals surface area (Å²) in [6.07, 6.45) is 1.77. The highest BCUT2D eigenvalue weighted by molar-refractivity contribution is 6.31. The Morgan fingerprint density at radius 1 is 0.960 bits per heavy atom. The number of carbonyl (C=O) groups is 1. The first-order valence-electron chi connectivity index (χ1n) is 8.18. The number of nitrogens with one attached hydrogen (secondary N) is 1. The molecule has 25 heavy (non-hydrogen) atoms. The minimum Gasteiger partial charge on any atom is -0.368 e. The number of hydrogen-bond donors (Lipinski definition) is 1. The van der Waals surface area contributed by atoms with Crippen LogP contribution in [0.3, 0.4) is 0 Å². The average Bonchev–Trinajstić information content (AvgIpc) is 3.04. The predicted octanol–water partition coefficient (Wildman–Crippen LogP) is 4.44. The highest BCUT2D eigenvalue weighted by Crippen LogP contribution is 2.25. The summed E-state index contributed by atoms with van der Waals surface area (Å²) in [5.74, 6) is 0.0549. The fraction of sp³-hybridized carbons (Fsp3) is 0.211. The van der Waals surface area contributed by atoms with Gasteiger partial charge in [-0.1, -0.05) is 35.3 Å². The highest BCUT2D eigenvalue weighted by atomic mass is 35.5. The zero-order valence-electron chi connectivity index (χ0n) is 13.5. The third kappa shape index (κ3) is 3.20. The number of nitrogens with zero attached hydrogens (tertiary/aromatic N) is 2. The predicted molar refractivity (Wildman–Crippen MR) is 103 cm³/mol. The van der Waals surface area contributed by atoms with Crippen molar-refractivity contribution in [1.29, 1.82) is 0 Å². The molecule has 0 saturated carbocycles. The lowest BCUT2D eigenvalue weighted by molar-refractivity contribution is 0.0749. The van der Waals surface area contributed by atoms with Crippen LogP contribution < -0.4 is 4.90 Å². The Morgan fingerprint density at radius 3 is 2.48 bits per heavy atom. The molecule has 0 atom stereocenters. The van der Waals surface area contributed by atoms with Crippen molar-refractivity contribution < 1.29 is 4.79 Å². The standard InChI is InChI=1S/C19H17Cl2N3O/c20-13-2-1-3-15(10-13)23-6-8-24(9-7-23)19(25)17-12-22-18-11-14(21)4-5-16(17)18/h1-5,10-12,22H,6-9H2. The van der Waals surface area contributed by atoms with Gasteiger partial charge < -0.3 is 14.8 Å². The number of rotatable bonds is 2. The van der Waals surface area contributed by atoms with Crippen LogP contribution in [0.5, 0.6) is 0 Å². The van der Waals surface area contributed by atoms with Gasteiger partial charge in [-0.15, -0.1) is 0 Å². The molecule has 4 nitrogen and oxygen atoms in total. The van der Waals surface area contributed by atoms with E-state index in [2.05, 4.69) is 9.88 Å². The number of aromatic nitrogens is 1. The lowest BCUT2D eigenvalue weighted by Gasteiger charge is -2.36. The van der Waals surface area contributed by atoms with Crippen molar-refractivity contribution in [2.24, 2.45) is 0 Å². The Morgan fingerprint density at radius 2 is 1.72 bits per heavy atom. The van der Waals surface area contributed by atoms with E-state index < -0.39 is 0 Å². The number of aromatic amines is 1. The lowest BCUT2D eigenvalue weighted by atomic mass is 10.1. The van der Waals surface area contributed by atoms with Crippen LogP contribution >= 0.6 is 23.2 Å². The van der Waals surface area contributed by atoms with Gasteiger partial charge in [-0.25, -0.2) is 0 Å². The van der Waals surface area contributed by atoms with E-state index in [1.807, 2.05) is 47.4 Å². The third-order valence-electron chi connectivity index (χ3n) is 4.61. The average molecular weight is 374 g/mol. The highest BCUT2D eigenvalue weighted by Gasteiger charge is 2.24. The summed E-state index contributed by atoms with van der Waals surface area (Å²) in [5, 5.41) is 2.30. The van der Waals surface area contributed by atoms with Crippen molar-refractivity contribution >= 4 is 45.7 Å². The number of carbonyl (C=O) groups excluding carboxylic acids is 1. The maximum atomic E-state index is 12.9. The molecule has 1 aliphatic rings. The molecule has 1 amide bonds. The van der Waals surface area contributed by atoms with E-state index in [4.69, 9.17) is 23.2 Å². The normalized spacial score (nSPS) is 15.0. The first-order chi connectivity index (χ1) is 12.1. The Kier molecular flexibility index (Phi) is 4.32. The SMILES string of the molecule is O=C(c1c[nH]c2cc(Cl)ccc12)N1CCN(c2cccc(Cl)c2)CC1. The Labute approximate surface area is 155 Å². The molecule has 1 fully saturated rings. The van der Waals surface area contributed by atoms with Crippen molar-refractivity contribution in [3.63, 3.8) is 0 Å². The van der Waals surface area contributed by atoms with Crippen LogP contribution in [0, 0.1) is 0 Å². The summed E-state index contributed by atoms with van der Waals surface area (Å²) >= 11 is 12.1. The number of piperazine rings is 1. The summed E-state index contributed by atoms with van der Waals surface area (Å²) in [6, 6.07) is 13.4.